The number of hydrogen-bond donors (Lipinski definition) is 3. The summed E-state index contributed by atoms with van der Waals surface area (Å²) in [6.07, 6.45) is 4.34. The van der Waals surface area contributed by atoms with Gasteiger partial charge in [0.2, 0.25) is 0 Å². The third kappa shape index (κ3) is 2.98. The van der Waals surface area contributed by atoms with Gasteiger partial charge in [-0.2, -0.15) is 0 Å². The molecule has 7 nitrogen and oxygen atoms in total. The first-order valence-electron chi connectivity index (χ1n) is 11.1. The molecule has 8 heteroatoms. The second kappa shape index (κ2) is 7.41. The van der Waals surface area contributed by atoms with E-state index in [0.717, 1.165) is 30.4 Å². The average Bonchev–Trinajstić information content (AvgIpc) is 3.49. The molecular weight excluding hydrogens is 435 g/mol. The third-order valence-corrected chi connectivity index (χ3v) is 6.86. The predicted octanol–water partition coefficient (Wildman–Crippen LogP) is 3.59. The summed E-state index contributed by atoms with van der Waals surface area (Å²) >= 11 is 0. The second-order valence-electron chi connectivity index (χ2n) is 8.82. The van der Waals surface area contributed by atoms with E-state index in [4.69, 9.17) is 5.73 Å². The van der Waals surface area contributed by atoms with Crippen molar-refractivity contribution < 1.29 is 14.3 Å². The smallest absolute Gasteiger partial charge is 0.353 e. The molecule has 0 unspecified atom stereocenters. The second-order valence-corrected chi connectivity index (χ2v) is 8.82. The number of nitrogens with two attached hydrogens (primary N) is 1. The fourth-order valence-corrected chi connectivity index (χ4v) is 5.27. The lowest BCUT2D eigenvalue weighted by Gasteiger charge is -2.12. The number of carboxylic acid groups (broad SMARTS) is 1. The normalized spacial score (nSPS) is 14.3. The fourth-order valence-electron chi connectivity index (χ4n) is 5.27. The number of nitrogens with one attached hydrogen (secondary N) is 1. The first-order valence-corrected chi connectivity index (χ1v) is 11.1. The number of H-pyrrole nitrogens is 1. The molecule has 2 aromatic heterocycles. The Morgan fingerprint density at radius 1 is 1.15 bits per heavy atom. The van der Waals surface area contributed by atoms with E-state index in [1.165, 1.54) is 12.3 Å². The van der Waals surface area contributed by atoms with Crippen LogP contribution in [0.15, 0.2) is 52.4 Å². The summed E-state index contributed by atoms with van der Waals surface area (Å²) in [5.41, 5.74) is 10.8. The molecule has 0 saturated carbocycles. The Balaban J connectivity index is 1.65. The van der Waals surface area contributed by atoms with E-state index in [-0.39, 0.29) is 23.4 Å². The molecule has 0 bridgehead atoms. The number of aliphatic imine (C=N–C) groups is 1. The Kier molecular flexibility index (Phi) is 4.45. The van der Waals surface area contributed by atoms with Gasteiger partial charge in [0.25, 0.3) is 5.56 Å². The van der Waals surface area contributed by atoms with Crippen molar-refractivity contribution in [2.75, 3.05) is 0 Å². The van der Waals surface area contributed by atoms with Gasteiger partial charge in [0.15, 0.2) is 0 Å². The number of pyridine rings is 1. The Hall–Kier alpha value is -4.20. The van der Waals surface area contributed by atoms with E-state index in [9.17, 15) is 14.7 Å². The van der Waals surface area contributed by atoms with Gasteiger partial charge in [-0.15, -0.1) is 0 Å². The molecule has 0 spiro atoms. The van der Waals surface area contributed by atoms with E-state index in [2.05, 4.69) is 9.98 Å². The van der Waals surface area contributed by atoms with Crippen LogP contribution in [-0.2, 0) is 25.9 Å². The van der Waals surface area contributed by atoms with Crippen molar-refractivity contribution in [1.29, 1.82) is 0 Å². The minimum absolute atomic E-state index is 0.0198. The van der Waals surface area contributed by atoms with Crippen molar-refractivity contribution in [2.24, 2.45) is 10.7 Å². The molecule has 1 aliphatic carbocycles. The molecule has 0 amide bonds. The lowest BCUT2D eigenvalue weighted by molar-refractivity contribution is 0.0687. The maximum Gasteiger partial charge on any atom is 0.353 e. The molecule has 0 fully saturated rings. The van der Waals surface area contributed by atoms with Crippen molar-refractivity contribution in [3.8, 4) is 11.1 Å². The molecular formula is C26H21FN4O3. The van der Waals surface area contributed by atoms with Gasteiger partial charge in [0.05, 0.1) is 13.1 Å². The topological polar surface area (TPSA) is 113 Å². The van der Waals surface area contributed by atoms with Crippen LogP contribution in [0.25, 0.3) is 22.0 Å². The number of hydrogen-bond acceptors (Lipinski definition) is 4. The number of carboxylic acids is 1. The van der Waals surface area contributed by atoms with Crippen molar-refractivity contribution in [2.45, 2.75) is 32.4 Å². The van der Waals surface area contributed by atoms with Crippen molar-refractivity contribution in [1.82, 2.24) is 9.55 Å². The number of benzene rings is 2. The third-order valence-electron chi connectivity index (χ3n) is 6.86. The van der Waals surface area contributed by atoms with Gasteiger partial charge in [-0.25, -0.2) is 9.18 Å². The summed E-state index contributed by atoms with van der Waals surface area (Å²) in [6, 6.07) is 10.3. The molecule has 34 heavy (non-hydrogen) atoms. The quantitative estimate of drug-likeness (QED) is 0.435. The monoisotopic (exact) mass is 456 g/mol. The standard InChI is InChI=1S/C26H21FN4O3/c27-20-9-15-11-30-24(28)18(15)8-16(20)12-31-21-10-14-4-1-3-13(14)7-19(21)22(23(31)26(33)34)17-5-2-6-29-25(17)32/h2,5-10H,1,3-4,11-12H2,(H2,28,30)(H,29,32)(H,33,34). The molecule has 0 radical (unpaired) electrons. The van der Waals surface area contributed by atoms with Gasteiger partial charge >= 0.3 is 5.97 Å². The predicted molar refractivity (Wildman–Crippen MR) is 127 cm³/mol. The summed E-state index contributed by atoms with van der Waals surface area (Å²) in [7, 11) is 0. The van der Waals surface area contributed by atoms with Crippen molar-refractivity contribution in [3.05, 3.63) is 92.3 Å². The molecule has 170 valence electrons. The van der Waals surface area contributed by atoms with Crippen LogP contribution in [0.1, 0.15) is 44.7 Å². The number of aryl methyl sites for hydroxylation is 2. The molecule has 4 aromatic rings. The number of amidine groups is 1. The van der Waals surface area contributed by atoms with E-state index in [1.807, 2.05) is 12.1 Å². The zero-order valence-electron chi connectivity index (χ0n) is 18.2. The number of nitrogens with zero attached hydrogens (tertiary/aromatic N) is 2. The van der Waals surface area contributed by atoms with Gasteiger partial charge in [0.1, 0.15) is 17.3 Å². The average molecular weight is 456 g/mol. The number of carbonyl (C=O) groups is 1. The van der Waals surface area contributed by atoms with E-state index in [1.54, 1.807) is 22.8 Å². The molecule has 1 aliphatic heterocycles. The highest BCUT2D eigenvalue weighted by Gasteiger charge is 2.28. The molecule has 3 heterocycles. The maximum atomic E-state index is 15.1. The minimum Gasteiger partial charge on any atom is -0.477 e. The SMILES string of the molecule is NC1=NCc2cc(F)c(Cn3c(C(=O)O)c(-c4ccc[nH]c4=O)c4cc5c(cc43)CCC5)cc21. The van der Waals surface area contributed by atoms with Crippen LogP contribution < -0.4 is 11.3 Å². The first-order chi connectivity index (χ1) is 16.4. The van der Waals surface area contributed by atoms with Crippen molar-refractivity contribution >= 4 is 22.7 Å². The molecule has 4 N–H and O–H groups in total. The largest absolute Gasteiger partial charge is 0.477 e. The summed E-state index contributed by atoms with van der Waals surface area (Å²) in [6.45, 7) is 0.312. The zero-order chi connectivity index (χ0) is 23.6. The molecule has 0 atom stereocenters. The Morgan fingerprint density at radius 3 is 2.71 bits per heavy atom. The Bertz CT molecular complexity index is 1610. The molecule has 2 aliphatic rings. The minimum atomic E-state index is -1.18. The van der Waals surface area contributed by atoms with Crippen LogP contribution in [0, 0.1) is 5.82 Å². The van der Waals surface area contributed by atoms with E-state index in [0.29, 0.717) is 45.5 Å². The lowest BCUT2D eigenvalue weighted by Crippen LogP contribution is -2.15. The number of aromatic nitrogens is 2. The number of aromatic amines is 1. The Morgan fingerprint density at radius 2 is 1.94 bits per heavy atom. The molecule has 0 saturated heterocycles. The first kappa shape index (κ1) is 20.4. The van der Waals surface area contributed by atoms with Crippen LogP contribution in [0.5, 0.6) is 0 Å². The van der Waals surface area contributed by atoms with Gasteiger partial charge in [-0.05, 0) is 72.4 Å². The van der Waals surface area contributed by atoms with Gasteiger partial charge in [-0.1, -0.05) is 0 Å². The Labute approximate surface area is 193 Å². The summed E-state index contributed by atoms with van der Waals surface area (Å²) < 4.78 is 16.7. The van der Waals surface area contributed by atoms with Crippen molar-refractivity contribution in [3.63, 3.8) is 0 Å². The number of aromatic carboxylic acids is 1. The summed E-state index contributed by atoms with van der Waals surface area (Å²) in [4.78, 5) is 32.1. The number of halogens is 1. The van der Waals surface area contributed by atoms with Crippen LogP contribution in [0.4, 0.5) is 4.39 Å². The van der Waals surface area contributed by atoms with Crippen LogP contribution in [0.2, 0.25) is 0 Å². The fraction of sp³-hybridized carbons (Fsp3) is 0.192. The summed E-state index contributed by atoms with van der Waals surface area (Å²) in [5, 5.41) is 11.0. The molecule has 6 rings (SSSR count). The highest BCUT2D eigenvalue weighted by atomic mass is 19.1. The van der Waals surface area contributed by atoms with Crippen LogP contribution >= 0.6 is 0 Å². The maximum absolute atomic E-state index is 15.1. The van der Waals surface area contributed by atoms with Gasteiger partial charge in [0, 0.05) is 39.4 Å². The zero-order valence-corrected chi connectivity index (χ0v) is 18.2. The number of fused-ring (bicyclic) bond motifs is 3. The van der Waals surface area contributed by atoms with Gasteiger partial charge < -0.3 is 20.4 Å². The number of rotatable bonds is 4. The summed E-state index contributed by atoms with van der Waals surface area (Å²) in [5.74, 6) is -1.28. The van der Waals surface area contributed by atoms with Crippen LogP contribution in [0.3, 0.4) is 0 Å². The van der Waals surface area contributed by atoms with E-state index < -0.39 is 11.8 Å². The molecule has 2 aromatic carbocycles. The van der Waals surface area contributed by atoms with E-state index >= 15 is 4.39 Å². The highest BCUT2D eigenvalue weighted by Crippen LogP contribution is 2.38. The lowest BCUT2D eigenvalue weighted by atomic mass is 10.00. The van der Waals surface area contributed by atoms with Crippen LogP contribution in [-0.4, -0.2) is 26.5 Å². The highest BCUT2D eigenvalue weighted by molar-refractivity contribution is 6.08. The van der Waals surface area contributed by atoms with Gasteiger partial charge in [-0.3, -0.25) is 9.79 Å².